The van der Waals surface area contributed by atoms with Crippen molar-refractivity contribution >= 4 is 12.0 Å². The van der Waals surface area contributed by atoms with E-state index in [0.717, 1.165) is 0 Å². The van der Waals surface area contributed by atoms with E-state index in [2.05, 4.69) is 21.3 Å². The van der Waals surface area contributed by atoms with Crippen LogP contribution in [0.15, 0.2) is 17.1 Å². The van der Waals surface area contributed by atoms with Gasteiger partial charge in [0.15, 0.2) is 0 Å². The van der Waals surface area contributed by atoms with Crippen LogP contribution in [-0.2, 0) is 19.4 Å². The molecule has 0 fully saturated rings. The number of carbonyl (C=O) groups is 1. The van der Waals surface area contributed by atoms with Gasteiger partial charge in [-0.05, 0) is 13.8 Å². The molecular formula is C7H9NO4. The highest BCUT2D eigenvalue weighted by Crippen LogP contribution is 1.97. The Balaban J connectivity index is 3.75. The van der Waals surface area contributed by atoms with Crippen molar-refractivity contribution in [1.82, 2.24) is 0 Å². The number of carbonyl (C=O) groups excluding carboxylic acids is 2. The van der Waals surface area contributed by atoms with Gasteiger partial charge in [0, 0.05) is 5.57 Å². The van der Waals surface area contributed by atoms with Crippen LogP contribution >= 0.6 is 0 Å². The summed E-state index contributed by atoms with van der Waals surface area (Å²) in [6.07, 6.45) is 0.415. The highest BCUT2D eigenvalue weighted by atomic mass is 17.2. The van der Waals surface area contributed by atoms with Crippen molar-refractivity contribution < 1.29 is 19.4 Å². The molecule has 0 aromatic rings. The Morgan fingerprint density at radius 2 is 2.25 bits per heavy atom. The van der Waals surface area contributed by atoms with Crippen molar-refractivity contribution in [3.8, 4) is 0 Å². The molecule has 0 aliphatic carbocycles. The summed E-state index contributed by atoms with van der Waals surface area (Å²) < 4.78 is 0. The van der Waals surface area contributed by atoms with Crippen molar-refractivity contribution in [3.63, 3.8) is 0 Å². The molecule has 0 radical (unpaired) electrons. The third kappa shape index (κ3) is 4.38. The maximum absolute atomic E-state index is 10.7. The van der Waals surface area contributed by atoms with Gasteiger partial charge in [0.2, 0.25) is 12.3 Å². The number of hydrogen-bond acceptors (Lipinski definition) is 5. The van der Waals surface area contributed by atoms with E-state index < -0.39 is 12.2 Å². The first-order valence-electron chi connectivity index (χ1n) is 3.18. The predicted molar refractivity (Wildman–Crippen MR) is 39.6 cm³/mol. The second-order valence-corrected chi connectivity index (χ2v) is 2.07. The van der Waals surface area contributed by atoms with Gasteiger partial charge in [0.05, 0.1) is 0 Å². The fourth-order valence-corrected chi connectivity index (χ4v) is 0.280. The number of rotatable bonds is 4. The quantitative estimate of drug-likeness (QED) is 0.205. The molecule has 0 saturated heterocycles. The van der Waals surface area contributed by atoms with E-state index in [0.29, 0.717) is 0 Å². The molecule has 0 aromatic heterocycles. The largest absolute Gasteiger partial charge is 0.368 e. The number of aliphatic imine (C=N–C) groups is 1. The van der Waals surface area contributed by atoms with Gasteiger partial charge in [-0.15, -0.1) is 0 Å². The molecule has 0 rings (SSSR count). The SMILES string of the molecule is C=C(C)C(=O)OOC(C)N=C=O. The minimum Gasteiger partial charge on any atom is -0.291 e. The van der Waals surface area contributed by atoms with Gasteiger partial charge in [-0.1, -0.05) is 6.58 Å². The Kier molecular flexibility index (Phi) is 4.60. The van der Waals surface area contributed by atoms with E-state index >= 15 is 0 Å². The van der Waals surface area contributed by atoms with E-state index in [-0.39, 0.29) is 5.57 Å². The van der Waals surface area contributed by atoms with Crippen LogP contribution in [0.4, 0.5) is 0 Å². The monoisotopic (exact) mass is 171 g/mol. The summed E-state index contributed by atoms with van der Waals surface area (Å²) in [5.74, 6) is -0.692. The van der Waals surface area contributed by atoms with Crippen LogP contribution in [-0.4, -0.2) is 18.3 Å². The molecule has 0 aliphatic heterocycles. The average molecular weight is 171 g/mol. The number of isocyanates is 1. The van der Waals surface area contributed by atoms with Crippen molar-refractivity contribution in [2.24, 2.45) is 4.99 Å². The molecule has 5 heteroatoms. The smallest absolute Gasteiger partial charge is 0.291 e. The summed E-state index contributed by atoms with van der Waals surface area (Å²) in [4.78, 5) is 32.0. The summed E-state index contributed by atoms with van der Waals surface area (Å²) in [5, 5.41) is 0. The predicted octanol–water partition coefficient (Wildman–Crippen LogP) is 0.719. The Bertz CT molecular complexity index is 230. The highest BCUT2D eigenvalue weighted by molar-refractivity contribution is 5.86. The van der Waals surface area contributed by atoms with E-state index in [1.54, 1.807) is 0 Å². The molecule has 0 saturated carbocycles. The summed E-state index contributed by atoms with van der Waals surface area (Å²) in [6, 6.07) is 0. The minimum atomic E-state index is -0.842. The second kappa shape index (κ2) is 5.23. The van der Waals surface area contributed by atoms with Gasteiger partial charge in [-0.3, -0.25) is 4.89 Å². The molecule has 0 heterocycles. The molecule has 0 N–H and O–H groups in total. The van der Waals surface area contributed by atoms with E-state index in [1.807, 2.05) is 0 Å². The van der Waals surface area contributed by atoms with Crippen LogP contribution in [0.1, 0.15) is 13.8 Å². The molecule has 1 atom stereocenters. The van der Waals surface area contributed by atoms with Gasteiger partial charge in [0.25, 0.3) is 0 Å². The van der Waals surface area contributed by atoms with Crippen LogP contribution < -0.4 is 0 Å². The fourth-order valence-electron chi connectivity index (χ4n) is 0.280. The molecule has 0 bridgehead atoms. The molecule has 66 valence electrons. The lowest BCUT2D eigenvalue weighted by atomic mass is 10.4. The van der Waals surface area contributed by atoms with Crippen LogP contribution in [0.2, 0.25) is 0 Å². The maximum atomic E-state index is 10.7. The molecule has 0 aromatic carbocycles. The zero-order valence-electron chi connectivity index (χ0n) is 6.86. The zero-order chi connectivity index (χ0) is 9.56. The van der Waals surface area contributed by atoms with Crippen LogP contribution in [0.3, 0.4) is 0 Å². The van der Waals surface area contributed by atoms with Crippen molar-refractivity contribution in [1.29, 1.82) is 0 Å². The molecule has 1 unspecified atom stereocenters. The lowest BCUT2D eigenvalue weighted by molar-refractivity contribution is -0.289. The molecular weight excluding hydrogens is 162 g/mol. The third-order valence-electron chi connectivity index (χ3n) is 0.846. The molecule has 0 amide bonds. The normalized spacial score (nSPS) is 11.2. The van der Waals surface area contributed by atoms with Gasteiger partial charge in [-0.2, -0.15) is 9.88 Å². The van der Waals surface area contributed by atoms with E-state index in [9.17, 15) is 9.59 Å². The summed E-state index contributed by atoms with van der Waals surface area (Å²) in [7, 11) is 0. The lowest BCUT2D eigenvalue weighted by Gasteiger charge is -2.03. The Morgan fingerprint density at radius 1 is 1.67 bits per heavy atom. The zero-order valence-corrected chi connectivity index (χ0v) is 6.86. The molecule has 12 heavy (non-hydrogen) atoms. The molecule has 5 nitrogen and oxygen atoms in total. The second-order valence-electron chi connectivity index (χ2n) is 2.07. The minimum absolute atomic E-state index is 0.206. The van der Waals surface area contributed by atoms with E-state index in [4.69, 9.17) is 0 Å². The van der Waals surface area contributed by atoms with Gasteiger partial charge in [0.1, 0.15) is 0 Å². The fraction of sp³-hybridized carbons (Fsp3) is 0.429. The average Bonchev–Trinajstić information content (AvgIpc) is 2.00. The third-order valence-corrected chi connectivity index (χ3v) is 0.846. The van der Waals surface area contributed by atoms with Gasteiger partial charge >= 0.3 is 5.97 Å². The van der Waals surface area contributed by atoms with Crippen molar-refractivity contribution in [3.05, 3.63) is 12.2 Å². The standard InChI is InChI=1S/C7H9NO4/c1-5(2)7(10)12-11-6(3)8-4-9/h6H,1H2,2-3H3. The summed E-state index contributed by atoms with van der Waals surface area (Å²) in [5.41, 5.74) is 0.206. The van der Waals surface area contributed by atoms with Crippen molar-refractivity contribution in [2.45, 2.75) is 20.1 Å². The van der Waals surface area contributed by atoms with E-state index in [1.165, 1.54) is 19.9 Å². The Labute approximate surface area is 69.6 Å². The molecule has 0 spiro atoms. The van der Waals surface area contributed by atoms with Gasteiger partial charge in [-0.25, -0.2) is 9.59 Å². The van der Waals surface area contributed by atoms with Crippen LogP contribution in [0.25, 0.3) is 0 Å². The summed E-state index contributed by atoms with van der Waals surface area (Å²) in [6.45, 7) is 6.22. The van der Waals surface area contributed by atoms with Crippen LogP contribution in [0.5, 0.6) is 0 Å². The maximum Gasteiger partial charge on any atom is 0.368 e. The van der Waals surface area contributed by atoms with Crippen LogP contribution in [0, 0.1) is 0 Å². The first kappa shape index (κ1) is 10.6. The first-order valence-corrected chi connectivity index (χ1v) is 3.18. The lowest BCUT2D eigenvalue weighted by Crippen LogP contribution is -2.11. The van der Waals surface area contributed by atoms with Gasteiger partial charge < -0.3 is 0 Å². The first-order chi connectivity index (χ1) is 5.57. The number of hydrogen-bond donors (Lipinski definition) is 0. The topological polar surface area (TPSA) is 65.0 Å². The summed E-state index contributed by atoms with van der Waals surface area (Å²) >= 11 is 0. The Hall–Kier alpha value is -1.45. The number of nitrogens with zero attached hydrogens (tertiary/aromatic N) is 1. The Morgan fingerprint density at radius 3 is 2.67 bits per heavy atom. The van der Waals surface area contributed by atoms with Crippen molar-refractivity contribution in [2.75, 3.05) is 0 Å². The highest BCUT2D eigenvalue weighted by Gasteiger charge is 2.07. The molecule has 0 aliphatic rings.